The van der Waals surface area contributed by atoms with Gasteiger partial charge >= 0.3 is 0 Å². The van der Waals surface area contributed by atoms with Gasteiger partial charge in [-0.25, -0.2) is 4.98 Å². The van der Waals surface area contributed by atoms with Gasteiger partial charge in [0.15, 0.2) is 0 Å². The summed E-state index contributed by atoms with van der Waals surface area (Å²) in [5, 5.41) is 0. The van der Waals surface area contributed by atoms with Gasteiger partial charge in [-0.3, -0.25) is 14.6 Å². The Bertz CT molecular complexity index is 1080. The highest BCUT2D eigenvalue weighted by Crippen LogP contribution is 2.35. The molecule has 1 N–H and O–H groups in total. The zero-order valence-corrected chi connectivity index (χ0v) is 17.9. The molecule has 31 heavy (non-hydrogen) atoms. The molecule has 7 nitrogen and oxygen atoms in total. The van der Waals surface area contributed by atoms with Gasteiger partial charge in [-0.05, 0) is 43.7 Å². The van der Waals surface area contributed by atoms with Crippen molar-refractivity contribution in [1.82, 2.24) is 24.3 Å². The number of nitrogens with zero attached hydrogens (tertiary/aromatic N) is 4. The maximum Gasteiger partial charge on any atom is 0.255 e. The zero-order chi connectivity index (χ0) is 21.2. The normalized spacial score (nSPS) is 21.1. The third kappa shape index (κ3) is 4.43. The number of likely N-dealkylation sites (tertiary alicyclic amines) is 1. The first-order valence-corrected chi connectivity index (χ1v) is 11.0. The van der Waals surface area contributed by atoms with Gasteiger partial charge < -0.3 is 14.0 Å². The third-order valence-electron chi connectivity index (χ3n) is 6.36. The lowest BCUT2D eigenvalue weighted by atomic mass is 9.83. The van der Waals surface area contributed by atoms with Gasteiger partial charge in [-0.2, -0.15) is 0 Å². The van der Waals surface area contributed by atoms with Crippen LogP contribution in [0.25, 0.3) is 6.08 Å². The van der Waals surface area contributed by atoms with E-state index in [0.717, 1.165) is 43.3 Å². The van der Waals surface area contributed by atoms with Crippen LogP contribution in [0.3, 0.4) is 0 Å². The molecule has 1 saturated heterocycles. The van der Waals surface area contributed by atoms with Crippen LogP contribution in [0.1, 0.15) is 35.2 Å². The fourth-order valence-corrected chi connectivity index (χ4v) is 5.05. The SMILES string of the molecule is CN(Cc1ncc[nH]1)Cc1ccc2n(c1=O)C[C@H]1C[C@@H]2CN(C/C=C/c2ccco2)C1. The lowest BCUT2D eigenvalue weighted by molar-refractivity contribution is 0.131. The predicted molar refractivity (Wildman–Crippen MR) is 119 cm³/mol. The number of pyridine rings is 1. The first-order valence-electron chi connectivity index (χ1n) is 11.0. The van der Waals surface area contributed by atoms with Gasteiger partial charge in [0, 0.05) is 62.3 Å². The van der Waals surface area contributed by atoms with Crippen molar-refractivity contribution in [1.29, 1.82) is 0 Å². The number of imidazole rings is 1. The van der Waals surface area contributed by atoms with Gasteiger partial charge in [-0.1, -0.05) is 12.1 Å². The second-order valence-electron chi connectivity index (χ2n) is 8.84. The molecule has 2 aliphatic heterocycles. The lowest BCUT2D eigenvalue weighted by Gasteiger charge is -2.42. The molecule has 2 bridgehead atoms. The molecule has 5 rings (SSSR count). The van der Waals surface area contributed by atoms with Gasteiger partial charge in [0.25, 0.3) is 5.56 Å². The molecule has 0 aliphatic carbocycles. The monoisotopic (exact) mass is 419 g/mol. The van der Waals surface area contributed by atoms with Crippen molar-refractivity contribution >= 4 is 6.08 Å². The van der Waals surface area contributed by atoms with Crippen LogP contribution in [-0.2, 0) is 19.6 Å². The average Bonchev–Trinajstić information content (AvgIpc) is 3.45. The van der Waals surface area contributed by atoms with Gasteiger partial charge in [0.1, 0.15) is 11.6 Å². The molecule has 0 spiro atoms. The Morgan fingerprint density at radius 3 is 3.00 bits per heavy atom. The fraction of sp³-hybridized carbons (Fsp3) is 0.417. The van der Waals surface area contributed by atoms with E-state index in [4.69, 9.17) is 4.42 Å². The van der Waals surface area contributed by atoms with Crippen LogP contribution in [0.15, 0.2) is 58.2 Å². The number of hydrogen-bond acceptors (Lipinski definition) is 5. The minimum atomic E-state index is 0.171. The second-order valence-corrected chi connectivity index (χ2v) is 8.84. The summed E-state index contributed by atoms with van der Waals surface area (Å²) in [4.78, 5) is 25.3. The molecule has 0 radical (unpaired) electrons. The summed E-state index contributed by atoms with van der Waals surface area (Å²) in [6.45, 7) is 5.08. The average molecular weight is 420 g/mol. The molecule has 0 aromatic carbocycles. The topological polar surface area (TPSA) is 70.3 Å². The second kappa shape index (κ2) is 8.69. The van der Waals surface area contributed by atoms with E-state index in [1.165, 1.54) is 12.1 Å². The number of piperidine rings is 1. The molecule has 3 aromatic rings. The quantitative estimate of drug-likeness (QED) is 0.638. The summed E-state index contributed by atoms with van der Waals surface area (Å²) in [5.41, 5.74) is 2.22. The minimum Gasteiger partial charge on any atom is -0.465 e. The molecule has 1 fully saturated rings. The number of aromatic nitrogens is 3. The van der Waals surface area contributed by atoms with E-state index < -0.39 is 0 Å². The Morgan fingerprint density at radius 2 is 2.19 bits per heavy atom. The van der Waals surface area contributed by atoms with E-state index >= 15 is 0 Å². The third-order valence-corrected chi connectivity index (χ3v) is 6.36. The number of rotatable bonds is 7. The Hall–Kier alpha value is -2.90. The molecule has 0 unspecified atom stereocenters. The standard InChI is InChI=1S/C24H29N5O2/c1-27(17-23-25-8-9-26-23)15-19-6-7-22-20-12-18(14-29(22)24(19)30)13-28(16-20)10-2-4-21-5-3-11-31-21/h2-9,11,18,20H,10,12-17H2,1H3,(H,25,26)/b4-2+/t18-,20+/m0/s1. The number of fused-ring (bicyclic) bond motifs is 4. The summed E-state index contributed by atoms with van der Waals surface area (Å²) < 4.78 is 7.42. The number of furan rings is 1. The number of hydrogen-bond donors (Lipinski definition) is 1. The Morgan fingerprint density at radius 1 is 1.26 bits per heavy atom. The van der Waals surface area contributed by atoms with E-state index in [-0.39, 0.29) is 5.56 Å². The van der Waals surface area contributed by atoms with E-state index in [0.29, 0.717) is 24.9 Å². The highest BCUT2D eigenvalue weighted by atomic mass is 16.3. The Labute approximate surface area is 182 Å². The molecule has 2 atom stereocenters. The zero-order valence-electron chi connectivity index (χ0n) is 17.9. The lowest BCUT2D eigenvalue weighted by Crippen LogP contribution is -2.47. The highest BCUT2D eigenvalue weighted by molar-refractivity contribution is 5.42. The van der Waals surface area contributed by atoms with Crippen LogP contribution in [0.4, 0.5) is 0 Å². The van der Waals surface area contributed by atoms with Gasteiger partial charge in [0.05, 0.1) is 12.8 Å². The van der Waals surface area contributed by atoms with Crippen molar-refractivity contribution < 1.29 is 4.42 Å². The molecule has 0 amide bonds. The summed E-state index contributed by atoms with van der Waals surface area (Å²) in [6.07, 6.45) is 10.7. The molecule has 3 aromatic heterocycles. The molecule has 162 valence electrons. The number of aromatic amines is 1. The van der Waals surface area contributed by atoms with Crippen LogP contribution in [0.2, 0.25) is 0 Å². The van der Waals surface area contributed by atoms with Gasteiger partial charge in [0.2, 0.25) is 0 Å². The molecule has 5 heterocycles. The first-order chi connectivity index (χ1) is 15.2. The van der Waals surface area contributed by atoms with Crippen molar-refractivity contribution in [3.8, 4) is 0 Å². The largest absolute Gasteiger partial charge is 0.465 e. The molecule has 2 aliphatic rings. The summed E-state index contributed by atoms with van der Waals surface area (Å²) >= 11 is 0. The van der Waals surface area contributed by atoms with Crippen LogP contribution in [0.5, 0.6) is 0 Å². The minimum absolute atomic E-state index is 0.171. The maximum atomic E-state index is 13.2. The summed E-state index contributed by atoms with van der Waals surface area (Å²) in [5.74, 6) is 2.75. The van der Waals surface area contributed by atoms with Crippen LogP contribution in [-0.4, -0.2) is 51.0 Å². The Kier molecular flexibility index (Phi) is 5.61. The van der Waals surface area contributed by atoms with Gasteiger partial charge in [-0.15, -0.1) is 0 Å². The Balaban J connectivity index is 1.27. The first kappa shape index (κ1) is 20.0. The maximum absolute atomic E-state index is 13.2. The number of nitrogens with one attached hydrogen (secondary N) is 1. The van der Waals surface area contributed by atoms with Crippen molar-refractivity contribution in [2.45, 2.75) is 32.0 Å². The van der Waals surface area contributed by atoms with Crippen molar-refractivity contribution in [3.63, 3.8) is 0 Å². The molecule has 7 heteroatoms. The molecular weight excluding hydrogens is 390 g/mol. The fourth-order valence-electron chi connectivity index (χ4n) is 5.05. The van der Waals surface area contributed by atoms with E-state index in [1.807, 2.05) is 42.1 Å². The highest BCUT2D eigenvalue weighted by Gasteiger charge is 2.34. The van der Waals surface area contributed by atoms with Crippen LogP contribution in [0, 0.1) is 5.92 Å². The summed E-state index contributed by atoms with van der Waals surface area (Å²) in [6, 6.07) is 8.08. The van der Waals surface area contributed by atoms with Crippen molar-refractivity contribution in [2.75, 3.05) is 26.7 Å². The van der Waals surface area contributed by atoms with E-state index in [1.54, 1.807) is 12.5 Å². The van der Waals surface area contributed by atoms with Crippen molar-refractivity contribution in [3.05, 3.63) is 82.2 Å². The smallest absolute Gasteiger partial charge is 0.255 e. The molecule has 0 saturated carbocycles. The van der Waals surface area contributed by atoms with Crippen LogP contribution >= 0.6 is 0 Å². The van der Waals surface area contributed by atoms with Crippen LogP contribution < -0.4 is 5.56 Å². The summed E-state index contributed by atoms with van der Waals surface area (Å²) in [7, 11) is 2.02. The van der Waals surface area contributed by atoms with Crippen molar-refractivity contribution in [2.24, 2.45) is 5.92 Å². The molecular formula is C24H29N5O2. The van der Waals surface area contributed by atoms with E-state index in [9.17, 15) is 4.79 Å². The van der Waals surface area contributed by atoms with E-state index in [2.05, 4.69) is 31.9 Å². The number of H-pyrrole nitrogens is 1. The predicted octanol–water partition coefficient (Wildman–Crippen LogP) is 2.93.